The third-order valence-electron chi connectivity index (χ3n) is 2.28. The standard InChI is InChI=1S/C11H8Cl2N2O2/c1-15-5-8(11(16)17)14-10(15)9-6(12)3-2-4-7(9)13/h2-5H,1H3,(H,16,17). The minimum Gasteiger partial charge on any atom is -0.476 e. The van der Waals surface area contributed by atoms with E-state index in [1.165, 1.54) is 6.20 Å². The number of aromatic nitrogens is 2. The molecule has 0 bridgehead atoms. The average Bonchev–Trinajstić information content (AvgIpc) is 2.61. The first-order chi connectivity index (χ1) is 8.00. The van der Waals surface area contributed by atoms with E-state index in [2.05, 4.69) is 4.98 Å². The van der Waals surface area contributed by atoms with Crippen LogP contribution in [0, 0.1) is 0 Å². The Bertz CT molecular complexity index is 573. The lowest BCUT2D eigenvalue weighted by Crippen LogP contribution is -1.95. The van der Waals surface area contributed by atoms with Gasteiger partial charge in [-0.1, -0.05) is 29.3 Å². The van der Waals surface area contributed by atoms with Crippen LogP contribution in [0.5, 0.6) is 0 Å². The molecule has 88 valence electrons. The summed E-state index contributed by atoms with van der Waals surface area (Å²) in [6.45, 7) is 0. The SMILES string of the molecule is Cn1cc(C(=O)O)nc1-c1c(Cl)cccc1Cl. The van der Waals surface area contributed by atoms with Crippen LogP contribution in [0.2, 0.25) is 10.0 Å². The van der Waals surface area contributed by atoms with Crippen LogP contribution >= 0.6 is 23.2 Å². The summed E-state index contributed by atoms with van der Waals surface area (Å²) in [6, 6.07) is 5.07. The number of aryl methyl sites for hydroxylation is 1. The van der Waals surface area contributed by atoms with Crippen molar-refractivity contribution in [2.75, 3.05) is 0 Å². The van der Waals surface area contributed by atoms with Crippen LogP contribution in [0.1, 0.15) is 10.5 Å². The van der Waals surface area contributed by atoms with Crippen LogP contribution in [0.15, 0.2) is 24.4 Å². The van der Waals surface area contributed by atoms with Crippen molar-refractivity contribution in [3.63, 3.8) is 0 Å². The predicted molar refractivity (Wildman–Crippen MR) is 65.6 cm³/mol. The first kappa shape index (κ1) is 12.0. The van der Waals surface area contributed by atoms with Crippen molar-refractivity contribution in [2.45, 2.75) is 0 Å². The molecular weight excluding hydrogens is 263 g/mol. The van der Waals surface area contributed by atoms with E-state index in [0.29, 0.717) is 21.4 Å². The molecule has 0 amide bonds. The van der Waals surface area contributed by atoms with Gasteiger partial charge in [0.25, 0.3) is 0 Å². The molecule has 0 unspecified atom stereocenters. The van der Waals surface area contributed by atoms with Crippen LogP contribution in [0.25, 0.3) is 11.4 Å². The number of benzene rings is 1. The van der Waals surface area contributed by atoms with Crippen molar-refractivity contribution in [3.05, 3.63) is 40.1 Å². The second-order valence-electron chi connectivity index (χ2n) is 3.46. The van der Waals surface area contributed by atoms with Crippen molar-refractivity contribution >= 4 is 29.2 Å². The highest BCUT2D eigenvalue weighted by Crippen LogP contribution is 2.33. The molecule has 4 nitrogen and oxygen atoms in total. The van der Waals surface area contributed by atoms with E-state index in [9.17, 15) is 4.79 Å². The maximum Gasteiger partial charge on any atom is 0.356 e. The zero-order chi connectivity index (χ0) is 12.6. The molecule has 0 saturated heterocycles. The van der Waals surface area contributed by atoms with Gasteiger partial charge in [0.1, 0.15) is 5.82 Å². The van der Waals surface area contributed by atoms with Crippen LogP contribution < -0.4 is 0 Å². The minimum atomic E-state index is -1.09. The molecule has 1 N–H and O–H groups in total. The predicted octanol–water partition coefficient (Wildman–Crippen LogP) is 3.09. The molecule has 17 heavy (non-hydrogen) atoms. The number of nitrogens with zero attached hydrogens (tertiary/aromatic N) is 2. The van der Waals surface area contributed by atoms with E-state index < -0.39 is 5.97 Å². The maximum absolute atomic E-state index is 10.8. The fourth-order valence-electron chi connectivity index (χ4n) is 1.51. The van der Waals surface area contributed by atoms with Gasteiger partial charge in [0.15, 0.2) is 5.69 Å². The van der Waals surface area contributed by atoms with Crippen molar-refractivity contribution in [3.8, 4) is 11.4 Å². The third-order valence-corrected chi connectivity index (χ3v) is 2.91. The number of aromatic carboxylic acids is 1. The number of imidazole rings is 1. The minimum absolute atomic E-state index is 0.0431. The quantitative estimate of drug-likeness (QED) is 0.913. The summed E-state index contributed by atoms with van der Waals surface area (Å²) in [5.41, 5.74) is 0.490. The number of carboxylic acids is 1. The first-order valence-corrected chi connectivity index (χ1v) is 5.47. The topological polar surface area (TPSA) is 55.1 Å². The zero-order valence-corrected chi connectivity index (χ0v) is 10.3. The molecule has 0 aliphatic heterocycles. The third kappa shape index (κ3) is 2.14. The van der Waals surface area contributed by atoms with E-state index in [-0.39, 0.29) is 5.69 Å². The molecular formula is C11H8Cl2N2O2. The number of halogens is 2. The molecule has 0 atom stereocenters. The summed E-state index contributed by atoms with van der Waals surface area (Å²) in [5, 5.41) is 9.73. The van der Waals surface area contributed by atoms with E-state index >= 15 is 0 Å². The first-order valence-electron chi connectivity index (χ1n) is 4.71. The Balaban J connectivity index is 2.64. The summed E-state index contributed by atoms with van der Waals surface area (Å²) < 4.78 is 1.58. The lowest BCUT2D eigenvalue weighted by molar-refractivity contribution is 0.0691. The summed E-state index contributed by atoms with van der Waals surface area (Å²) in [4.78, 5) is 14.8. The second-order valence-corrected chi connectivity index (χ2v) is 4.28. The average molecular weight is 271 g/mol. The van der Waals surface area contributed by atoms with Gasteiger partial charge >= 0.3 is 5.97 Å². The van der Waals surface area contributed by atoms with Gasteiger partial charge in [0, 0.05) is 13.2 Å². The highest BCUT2D eigenvalue weighted by molar-refractivity contribution is 6.39. The van der Waals surface area contributed by atoms with Crippen LogP contribution in [-0.4, -0.2) is 20.6 Å². The van der Waals surface area contributed by atoms with Gasteiger partial charge in [-0.25, -0.2) is 9.78 Å². The molecule has 0 saturated carbocycles. The number of hydrogen-bond donors (Lipinski definition) is 1. The Morgan fingerprint density at radius 3 is 2.41 bits per heavy atom. The van der Waals surface area contributed by atoms with Crippen LogP contribution in [0.4, 0.5) is 0 Å². The normalized spacial score (nSPS) is 10.5. The van der Waals surface area contributed by atoms with E-state index in [1.807, 2.05) is 0 Å². The van der Waals surface area contributed by atoms with Crippen LogP contribution in [-0.2, 0) is 7.05 Å². The molecule has 0 aliphatic rings. The highest BCUT2D eigenvalue weighted by Gasteiger charge is 2.17. The molecule has 2 rings (SSSR count). The van der Waals surface area contributed by atoms with Gasteiger partial charge in [-0.15, -0.1) is 0 Å². The van der Waals surface area contributed by atoms with Crippen molar-refractivity contribution in [2.24, 2.45) is 7.05 Å². The Kier molecular flexibility index (Phi) is 3.09. The smallest absolute Gasteiger partial charge is 0.356 e. The lowest BCUT2D eigenvalue weighted by Gasteiger charge is -2.05. The Morgan fingerprint density at radius 1 is 1.35 bits per heavy atom. The van der Waals surface area contributed by atoms with Gasteiger partial charge in [0.2, 0.25) is 0 Å². The number of rotatable bonds is 2. The largest absolute Gasteiger partial charge is 0.476 e. The Labute approximate surface area is 107 Å². The van der Waals surface area contributed by atoms with E-state index in [1.54, 1.807) is 29.8 Å². The monoisotopic (exact) mass is 270 g/mol. The zero-order valence-electron chi connectivity index (χ0n) is 8.82. The molecule has 1 heterocycles. The summed E-state index contributed by atoms with van der Waals surface area (Å²) >= 11 is 12.1. The highest BCUT2D eigenvalue weighted by atomic mass is 35.5. The van der Waals surface area contributed by atoms with Crippen molar-refractivity contribution in [1.82, 2.24) is 9.55 Å². The van der Waals surface area contributed by atoms with Gasteiger partial charge in [-0.3, -0.25) is 0 Å². The summed E-state index contributed by atoms with van der Waals surface area (Å²) in [5.74, 6) is -0.659. The van der Waals surface area contributed by atoms with Crippen molar-refractivity contribution in [1.29, 1.82) is 0 Å². The van der Waals surface area contributed by atoms with Gasteiger partial charge in [0.05, 0.1) is 15.6 Å². The number of carboxylic acid groups (broad SMARTS) is 1. The molecule has 1 aromatic heterocycles. The molecule has 0 fully saturated rings. The van der Waals surface area contributed by atoms with Gasteiger partial charge < -0.3 is 9.67 Å². The fourth-order valence-corrected chi connectivity index (χ4v) is 2.08. The Morgan fingerprint density at radius 2 is 1.94 bits per heavy atom. The number of hydrogen-bond acceptors (Lipinski definition) is 2. The summed E-state index contributed by atoms with van der Waals surface area (Å²) in [6.07, 6.45) is 1.41. The van der Waals surface area contributed by atoms with E-state index in [0.717, 1.165) is 0 Å². The molecule has 0 spiro atoms. The Hall–Kier alpha value is -1.52. The molecule has 1 aromatic carbocycles. The van der Waals surface area contributed by atoms with Gasteiger partial charge in [-0.05, 0) is 12.1 Å². The molecule has 0 aliphatic carbocycles. The second kappa shape index (κ2) is 4.39. The van der Waals surface area contributed by atoms with Crippen LogP contribution in [0.3, 0.4) is 0 Å². The maximum atomic E-state index is 10.8. The lowest BCUT2D eigenvalue weighted by atomic mass is 10.2. The van der Waals surface area contributed by atoms with E-state index in [4.69, 9.17) is 28.3 Å². The fraction of sp³-hybridized carbons (Fsp3) is 0.0909. The van der Waals surface area contributed by atoms with Gasteiger partial charge in [-0.2, -0.15) is 0 Å². The number of carbonyl (C=O) groups is 1. The van der Waals surface area contributed by atoms with Crippen molar-refractivity contribution < 1.29 is 9.90 Å². The summed E-state index contributed by atoms with van der Waals surface area (Å²) in [7, 11) is 1.69. The molecule has 0 radical (unpaired) electrons. The molecule has 2 aromatic rings. The molecule has 6 heteroatoms.